The lowest BCUT2D eigenvalue weighted by Crippen LogP contribution is -2.04. The van der Waals surface area contributed by atoms with Crippen LogP contribution in [0.25, 0.3) is 22.9 Å². The summed E-state index contributed by atoms with van der Waals surface area (Å²) in [4.78, 5) is 12.9. The van der Waals surface area contributed by atoms with E-state index in [0.717, 1.165) is 44.9 Å². The molecule has 2 aromatic carbocycles. The standard InChI is InChI=1S/C28H25FN4/c1-19-16-25(13-14-31-19)22-6-4-21(5-7-22)18-33-28-20(2)24(12-15-32-28)17-27(30-3)23-8-10-26(29)11-9-23/h4-17H,3,18H2,1-2H3,(H,32,33)/b27-17-. The number of aliphatic imine (C=N–C) groups is 1. The highest BCUT2D eigenvalue weighted by molar-refractivity contribution is 5.84. The highest BCUT2D eigenvalue weighted by Crippen LogP contribution is 2.25. The van der Waals surface area contributed by atoms with Crippen LogP contribution < -0.4 is 5.32 Å². The van der Waals surface area contributed by atoms with Crippen LogP contribution in [0, 0.1) is 19.7 Å². The number of aryl methyl sites for hydroxylation is 1. The Kier molecular flexibility index (Phi) is 6.69. The second-order valence-corrected chi connectivity index (χ2v) is 7.80. The number of nitrogens with zero attached hydrogens (tertiary/aromatic N) is 3. The Morgan fingerprint density at radius 3 is 2.36 bits per heavy atom. The molecule has 4 aromatic rings. The molecule has 0 atom stereocenters. The lowest BCUT2D eigenvalue weighted by molar-refractivity contribution is 0.627. The smallest absolute Gasteiger partial charge is 0.129 e. The monoisotopic (exact) mass is 436 g/mol. The predicted molar refractivity (Wildman–Crippen MR) is 135 cm³/mol. The van der Waals surface area contributed by atoms with Crippen molar-refractivity contribution in [1.29, 1.82) is 0 Å². The van der Waals surface area contributed by atoms with E-state index in [4.69, 9.17) is 0 Å². The molecule has 0 saturated carbocycles. The number of rotatable bonds is 7. The summed E-state index contributed by atoms with van der Waals surface area (Å²) in [5.41, 5.74) is 7.95. The quantitative estimate of drug-likeness (QED) is 0.328. The van der Waals surface area contributed by atoms with Crippen LogP contribution in [-0.4, -0.2) is 16.7 Å². The fraction of sp³-hybridized carbons (Fsp3) is 0.107. The molecular formula is C28H25FN4. The second kappa shape index (κ2) is 10.0. The number of hydrogen-bond donors (Lipinski definition) is 1. The van der Waals surface area contributed by atoms with Gasteiger partial charge in [-0.1, -0.05) is 24.3 Å². The molecule has 4 nitrogen and oxygen atoms in total. The van der Waals surface area contributed by atoms with Crippen molar-refractivity contribution in [1.82, 2.24) is 9.97 Å². The molecule has 33 heavy (non-hydrogen) atoms. The van der Waals surface area contributed by atoms with E-state index < -0.39 is 0 Å². The zero-order chi connectivity index (χ0) is 23.2. The maximum absolute atomic E-state index is 13.3. The average molecular weight is 437 g/mol. The van der Waals surface area contributed by atoms with Gasteiger partial charge in [-0.05, 0) is 96.9 Å². The zero-order valence-corrected chi connectivity index (χ0v) is 18.7. The minimum atomic E-state index is -0.280. The Balaban J connectivity index is 1.50. The van der Waals surface area contributed by atoms with Gasteiger partial charge in [-0.2, -0.15) is 0 Å². The summed E-state index contributed by atoms with van der Waals surface area (Å²) < 4.78 is 13.3. The average Bonchev–Trinajstić information content (AvgIpc) is 2.84. The number of benzene rings is 2. The highest BCUT2D eigenvalue weighted by atomic mass is 19.1. The third kappa shape index (κ3) is 5.39. The Hall–Kier alpha value is -4.12. The van der Waals surface area contributed by atoms with Crippen molar-refractivity contribution in [3.05, 3.63) is 113 Å². The van der Waals surface area contributed by atoms with Crippen molar-refractivity contribution >= 4 is 24.3 Å². The predicted octanol–water partition coefficient (Wildman–Crippen LogP) is 6.71. The zero-order valence-electron chi connectivity index (χ0n) is 18.7. The van der Waals surface area contributed by atoms with E-state index in [1.54, 1.807) is 18.3 Å². The summed E-state index contributed by atoms with van der Waals surface area (Å²) in [5.74, 6) is 0.526. The van der Waals surface area contributed by atoms with E-state index in [1.807, 2.05) is 38.3 Å². The van der Waals surface area contributed by atoms with Crippen LogP contribution in [0.2, 0.25) is 0 Å². The van der Waals surface area contributed by atoms with Crippen molar-refractivity contribution in [3.63, 3.8) is 0 Å². The third-order valence-electron chi connectivity index (χ3n) is 5.49. The molecule has 4 rings (SSSR count). The van der Waals surface area contributed by atoms with Gasteiger partial charge in [0.25, 0.3) is 0 Å². The Morgan fingerprint density at radius 2 is 1.67 bits per heavy atom. The van der Waals surface area contributed by atoms with Gasteiger partial charge in [0.1, 0.15) is 11.6 Å². The SMILES string of the molecule is C=N/C(=C\c1ccnc(NCc2ccc(-c3ccnc(C)c3)cc2)c1C)c1ccc(F)cc1. The molecule has 164 valence electrons. The fourth-order valence-electron chi connectivity index (χ4n) is 3.60. The molecule has 0 aliphatic rings. The number of hydrogen-bond acceptors (Lipinski definition) is 4. The van der Waals surface area contributed by atoms with Gasteiger partial charge < -0.3 is 5.32 Å². The number of nitrogens with one attached hydrogen (secondary N) is 1. The van der Waals surface area contributed by atoms with Crippen molar-refractivity contribution < 1.29 is 4.39 Å². The molecule has 2 aromatic heterocycles. The largest absolute Gasteiger partial charge is 0.366 e. The van der Waals surface area contributed by atoms with Crippen LogP contribution in [0.3, 0.4) is 0 Å². The first-order chi connectivity index (χ1) is 16.0. The first-order valence-corrected chi connectivity index (χ1v) is 10.7. The molecule has 0 bridgehead atoms. The van der Waals surface area contributed by atoms with Crippen molar-refractivity contribution in [2.75, 3.05) is 5.32 Å². The van der Waals surface area contributed by atoms with E-state index in [9.17, 15) is 4.39 Å². The van der Waals surface area contributed by atoms with E-state index >= 15 is 0 Å². The van der Waals surface area contributed by atoms with Crippen molar-refractivity contribution in [2.45, 2.75) is 20.4 Å². The number of aromatic nitrogens is 2. The Morgan fingerprint density at radius 1 is 0.939 bits per heavy atom. The molecule has 1 N–H and O–H groups in total. The van der Waals surface area contributed by atoms with Gasteiger partial charge in [0.05, 0.1) is 5.70 Å². The lowest BCUT2D eigenvalue weighted by Gasteiger charge is -2.12. The third-order valence-corrected chi connectivity index (χ3v) is 5.49. The summed E-state index contributed by atoms with van der Waals surface area (Å²) in [6.07, 6.45) is 5.54. The number of halogens is 1. The van der Waals surface area contributed by atoms with Crippen LogP contribution in [0.15, 0.2) is 84.1 Å². The van der Waals surface area contributed by atoms with E-state index in [0.29, 0.717) is 12.2 Å². The maximum atomic E-state index is 13.3. The molecule has 5 heteroatoms. The number of pyridine rings is 2. The van der Waals surface area contributed by atoms with Crippen LogP contribution >= 0.6 is 0 Å². The summed E-state index contributed by atoms with van der Waals surface area (Å²) in [6, 6.07) is 20.7. The topological polar surface area (TPSA) is 50.2 Å². The van der Waals surface area contributed by atoms with Gasteiger partial charge in [-0.25, -0.2) is 9.37 Å². The van der Waals surface area contributed by atoms with Crippen LogP contribution in [0.1, 0.15) is 27.9 Å². The van der Waals surface area contributed by atoms with Gasteiger partial charge in [0, 0.05) is 30.2 Å². The second-order valence-electron chi connectivity index (χ2n) is 7.80. The molecule has 0 fully saturated rings. The van der Waals surface area contributed by atoms with E-state index in [1.165, 1.54) is 12.1 Å². The summed E-state index contributed by atoms with van der Waals surface area (Å²) in [5, 5.41) is 3.43. The first kappa shape index (κ1) is 22.1. The van der Waals surface area contributed by atoms with E-state index in [-0.39, 0.29) is 5.82 Å². The highest BCUT2D eigenvalue weighted by Gasteiger charge is 2.07. The normalized spacial score (nSPS) is 11.3. The van der Waals surface area contributed by atoms with Crippen molar-refractivity contribution in [3.8, 4) is 11.1 Å². The van der Waals surface area contributed by atoms with Gasteiger partial charge in [0.15, 0.2) is 0 Å². The van der Waals surface area contributed by atoms with Gasteiger partial charge in [-0.3, -0.25) is 9.98 Å². The molecule has 0 aliphatic carbocycles. The molecule has 0 unspecified atom stereocenters. The molecule has 2 heterocycles. The summed E-state index contributed by atoms with van der Waals surface area (Å²) >= 11 is 0. The first-order valence-electron chi connectivity index (χ1n) is 10.7. The molecule has 0 spiro atoms. The van der Waals surface area contributed by atoms with E-state index in [2.05, 4.69) is 57.3 Å². The van der Waals surface area contributed by atoms with Crippen LogP contribution in [0.4, 0.5) is 10.2 Å². The molecule has 0 aliphatic heterocycles. The number of anilines is 1. The molecule has 0 radical (unpaired) electrons. The molecule has 0 saturated heterocycles. The Bertz CT molecular complexity index is 1290. The summed E-state index contributed by atoms with van der Waals surface area (Å²) in [7, 11) is 0. The lowest BCUT2D eigenvalue weighted by atomic mass is 10.0. The molecular weight excluding hydrogens is 411 g/mol. The van der Waals surface area contributed by atoms with Gasteiger partial charge in [-0.15, -0.1) is 0 Å². The molecule has 0 amide bonds. The maximum Gasteiger partial charge on any atom is 0.129 e. The summed E-state index contributed by atoms with van der Waals surface area (Å²) in [6.45, 7) is 8.33. The Labute approximate surface area is 193 Å². The van der Waals surface area contributed by atoms with Crippen LogP contribution in [0.5, 0.6) is 0 Å². The minimum Gasteiger partial charge on any atom is -0.366 e. The fourth-order valence-corrected chi connectivity index (χ4v) is 3.60. The van der Waals surface area contributed by atoms with Crippen molar-refractivity contribution in [2.24, 2.45) is 4.99 Å². The minimum absolute atomic E-state index is 0.280. The van der Waals surface area contributed by atoms with Gasteiger partial charge in [0.2, 0.25) is 0 Å². The van der Waals surface area contributed by atoms with Crippen LogP contribution in [-0.2, 0) is 6.54 Å². The van der Waals surface area contributed by atoms with Gasteiger partial charge >= 0.3 is 0 Å².